The van der Waals surface area contributed by atoms with E-state index in [0.717, 1.165) is 5.56 Å². The maximum atomic E-state index is 12.2. The van der Waals surface area contributed by atoms with Crippen LogP contribution in [0.25, 0.3) is 0 Å². The van der Waals surface area contributed by atoms with Crippen LogP contribution in [0.15, 0.2) is 29.2 Å². The minimum absolute atomic E-state index is 0.0518. The van der Waals surface area contributed by atoms with Crippen molar-refractivity contribution in [1.29, 1.82) is 0 Å². The van der Waals surface area contributed by atoms with Gasteiger partial charge >= 0.3 is 0 Å². The van der Waals surface area contributed by atoms with Crippen LogP contribution in [0.5, 0.6) is 0 Å². The fraction of sp³-hybridized carbons (Fsp3) is 0.429. The van der Waals surface area contributed by atoms with E-state index in [9.17, 15) is 9.59 Å². The highest BCUT2D eigenvalue weighted by Crippen LogP contribution is 2.12. The monoisotopic (exact) mass is 319 g/mol. The number of carbonyl (C=O) groups is 2. The third-order valence-electron chi connectivity index (χ3n) is 3.71. The first-order valence-electron chi connectivity index (χ1n) is 7.17. The van der Waals surface area contributed by atoms with Crippen LogP contribution >= 0.6 is 11.3 Å². The van der Waals surface area contributed by atoms with Crippen LogP contribution in [0.3, 0.4) is 0 Å². The molecule has 0 unspecified atom stereocenters. The molecule has 1 fully saturated rings. The molecule has 1 saturated heterocycles. The minimum atomic E-state index is 0.0518. The van der Waals surface area contributed by atoms with Gasteiger partial charge in [-0.3, -0.25) is 14.3 Å². The van der Waals surface area contributed by atoms with E-state index < -0.39 is 0 Å². The second-order valence-electron chi connectivity index (χ2n) is 5.10. The van der Waals surface area contributed by atoms with Gasteiger partial charge in [0.05, 0.1) is 18.3 Å². The van der Waals surface area contributed by atoms with Crippen molar-refractivity contribution in [2.24, 2.45) is 0 Å². The van der Waals surface area contributed by atoms with Crippen molar-refractivity contribution in [3.8, 4) is 0 Å². The van der Waals surface area contributed by atoms with E-state index in [4.69, 9.17) is 0 Å². The molecule has 0 aliphatic carbocycles. The van der Waals surface area contributed by atoms with E-state index in [1.54, 1.807) is 17.1 Å². The molecule has 0 saturated carbocycles. The number of aromatic nitrogens is 3. The van der Waals surface area contributed by atoms with Gasteiger partial charge in [-0.15, -0.1) is 5.10 Å². The minimum Gasteiger partial charge on any atom is -0.339 e. The predicted octanol–water partition coefficient (Wildman–Crippen LogP) is 0.714. The maximum absolute atomic E-state index is 12.2. The molecule has 0 radical (unpaired) electrons. The number of thiophene rings is 1. The summed E-state index contributed by atoms with van der Waals surface area (Å²) in [7, 11) is 0. The van der Waals surface area contributed by atoms with Crippen molar-refractivity contribution in [2.45, 2.75) is 13.0 Å². The summed E-state index contributed by atoms with van der Waals surface area (Å²) in [6.07, 6.45) is 3.74. The van der Waals surface area contributed by atoms with Crippen LogP contribution in [0, 0.1) is 0 Å². The van der Waals surface area contributed by atoms with Gasteiger partial charge in [0.25, 0.3) is 5.91 Å². The van der Waals surface area contributed by atoms with Gasteiger partial charge < -0.3 is 9.80 Å². The fourth-order valence-corrected chi connectivity index (χ4v) is 3.08. The van der Waals surface area contributed by atoms with Crippen molar-refractivity contribution in [3.63, 3.8) is 0 Å². The van der Waals surface area contributed by atoms with Gasteiger partial charge in [0, 0.05) is 44.2 Å². The molecule has 8 heteroatoms. The number of carbonyl (C=O) groups excluding carboxylic acids is 2. The lowest BCUT2D eigenvalue weighted by molar-refractivity contribution is -0.132. The van der Waals surface area contributed by atoms with Crippen molar-refractivity contribution in [3.05, 3.63) is 34.8 Å². The van der Waals surface area contributed by atoms with Crippen molar-refractivity contribution >= 4 is 23.2 Å². The van der Waals surface area contributed by atoms with Gasteiger partial charge in [-0.1, -0.05) is 5.21 Å². The molecule has 0 atom stereocenters. The molecule has 1 aliphatic rings. The topological polar surface area (TPSA) is 71.3 Å². The van der Waals surface area contributed by atoms with E-state index in [1.165, 1.54) is 11.3 Å². The molecule has 116 valence electrons. The van der Waals surface area contributed by atoms with Gasteiger partial charge in [-0.2, -0.15) is 11.3 Å². The van der Waals surface area contributed by atoms with Crippen molar-refractivity contribution < 1.29 is 9.59 Å². The lowest BCUT2D eigenvalue weighted by Crippen LogP contribution is -2.50. The molecule has 1 aliphatic heterocycles. The third-order valence-corrected chi connectivity index (χ3v) is 4.40. The van der Waals surface area contributed by atoms with Gasteiger partial charge in [-0.25, -0.2) is 0 Å². The molecule has 2 aromatic heterocycles. The number of nitrogens with zero attached hydrogens (tertiary/aromatic N) is 5. The maximum Gasteiger partial charge on any atom is 0.254 e. The zero-order valence-electron chi connectivity index (χ0n) is 12.1. The smallest absolute Gasteiger partial charge is 0.254 e. The summed E-state index contributed by atoms with van der Waals surface area (Å²) in [5.74, 6) is 0.147. The number of aryl methyl sites for hydroxylation is 1. The SMILES string of the molecule is O=C(CCn1ccnn1)N1CCN(C(=O)c2ccsc2)CC1. The second-order valence-corrected chi connectivity index (χ2v) is 5.88. The van der Waals surface area contributed by atoms with Crippen LogP contribution in [0.4, 0.5) is 0 Å². The van der Waals surface area contributed by atoms with Gasteiger partial charge in [0.1, 0.15) is 0 Å². The molecular formula is C14H17N5O2S. The average molecular weight is 319 g/mol. The zero-order chi connectivity index (χ0) is 15.4. The summed E-state index contributed by atoms with van der Waals surface area (Å²) in [5.41, 5.74) is 0.732. The molecule has 3 rings (SSSR count). The molecule has 0 spiro atoms. The van der Waals surface area contributed by atoms with Crippen LogP contribution in [0.1, 0.15) is 16.8 Å². The summed E-state index contributed by atoms with van der Waals surface area (Å²) in [6, 6.07) is 1.84. The Labute approximate surface area is 132 Å². The Morgan fingerprint density at radius 1 is 1.18 bits per heavy atom. The van der Waals surface area contributed by atoms with Crippen LogP contribution in [-0.4, -0.2) is 62.8 Å². The molecule has 2 amide bonds. The summed E-state index contributed by atoms with van der Waals surface area (Å²) >= 11 is 1.52. The Kier molecular flexibility index (Phi) is 4.47. The van der Waals surface area contributed by atoms with Crippen LogP contribution < -0.4 is 0 Å². The molecule has 0 N–H and O–H groups in total. The summed E-state index contributed by atoms with van der Waals surface area (Å²) in [4.78, 5) is 28.0. The number of piperazine rings is 1. The van der Waals surface area contributed by atoms with Gasteiger partial charge in [0.15, 0.2) is 0 Å². The van der Waals surface area contributed by atoms with Crippen LogP contribution in [-0.2, 0) is 11.3 Å². The Hall–Kier alpha value is -2.22. The Balaban J connectivity index is 1.47. The Morgan fingerprint density at radius 2 is 1.95 bits per heavy atom. The molecule has 0 aromatic carbocycles. The van der Waals surface area contributed by atoms with E-state index >= 15 is 0 Å². The predicted molar refractivity (Wildman–Crippen MR) is 81.4 cm³/mol. The van der Waals surface area contributed by atoms with E-state index in [1.807, 2.05) is 26.6 Å². The second kappa shape index (κ2) is 6.69. The number of hydrogen-bond acceptors (Lipinski definition) is 5. The van der Waals surface area contributed by atoms with Crippen LogP contribution in [0.2, 0.25) is 0 Å². The molecule has 3 heterocycles. The molecular weight excluding hydrogens is 302 g/mol. The third kappa shape index (κ3) is 3.33. The highest BCUT2D eigenvalue weighted by Gasteiger charge is 2.24. The Morgan fingerprint density at radius 3 is 2.59 bits per heavy atom. The van der Waals surface area contributed by atoms with E-state index in [2.05, 4.69) is 10.3 Å². The summed E-state index contributed by atoms with van der Waals surface area (Å²) in [5, 5.41) is 11.3. The van der Waals surface area contributed by atoms with Gasteiger partial charge in [-0.05, 0) is 11.4 Å². The molecule has 2 aromatic rings. The zero-order valence-corrected chi connectivity index (χ0v) is 12.9. The molecule has 7 nitrogen and oxygen atoms in total. The first-order chi connectivity index (χ1) is 10.7. The van der Waals surface area contributed by atoms with Crippen molar-refractivity contribution in [2.75, 3.05) is 26.2 Å². The summed E-state index contributed by atoms with van der Waals surface area (Å²) < 4.78 is 1.65. The van der Waals surface area contributed by atoms with E-state index in [-0.39, 0.29) is 11.8 Å². The number of rotatable bonds is 4. The lowest BCUT2D eigenvalue weighted by Gasteiger charge is -2.34. The fourth-order valence-electron chi connectivity index (χ4n) is 2.45. The Bertz CT molecular complexity index is 618. The standard InChI is InChI=1S/C14H17N5O2S/c20-13(1-4-19-5-3-15-16-19)17-6-8-18(9-7-17)14(21)12-2-10-22-11-12/h2-3,5,10-11H,1,4,6-9H2. The largest absolute Gasteiger partial charge is 0.339 e. The number of amides is 2. The molecule has 0 bridgehead atoms. The lowest BCUT2D eigenvalue weighted by atomic mass is 10.2. The van der Waals surface area contributed by atoms with E-state index in [0.29, 0.717) is 39.1 Å². The normalized spacial score (nSPS) is 15.1. The first-order valence-corrected chi connectivity index (χ1v) is 8.11. The highest BCUT2D eigenvalue weighted by molar-refractivity contribution is 7.08. The average Bonchev–Trinajstić information content (AvgIpc) is 3.25. The quantitative estimate of drug-likeness (QED) is 0.832. The van der Waals surface area contributed by atoms with Gasteiger partial charge in [0.2, 0.25) is 5.91 Å². The molecule has 22 heavy (non-hydrogen) atoms. The first kappa shape index (κ1) is 14.7. The number of hydrogen-bond donors (Lipinski definition) is 0. The highest BCUT2D eigenvalue weighted by atomic mass is 32.1. The summed E-state index contributed by atoms with van der Waals surface area (Å²) in [6.45, 7) is 2.89. The van der Waals surface area contributed by atoms with Crippen molar-refractivity contribution in [1.82, 2.24) is 24.8 Å².